The zero-order valence-corrected chi connectivity index (χ0v) is 8.56. The fourth-order valence-electron chi connectivity index (χ4n) is 1.18. The normalized spacial score (nSPS) is 13.4. The molecule has 3 heteroatoms. The van der Waals surface area contributed by atoms with Crippen LogP contribution in [0.15, 0.2) is 24.3 Å². The van der Waals surface area contributed by atoms with Gasteiger partial charge in [-0.1, -0.05) is 26.0 Å². The third-order valence-corrected chi connectivity index (χ3v) is 1.73. The molecule has 1 aromatic rings. The number of hydrogen-bond acceptors (Lipinski definition) is 3. The van der Waals surface area contributed by atoms with Crippen molar-refractivity contribution in [3.8, 4) is 11.5 Å². The number of rotatable bonds is 2. The zero-order valence-electron chi connectivity index (χ0n) is 8.56. The molecule has 1 heterocycles. The van der Waals surface area contributed by atoms with Crippen LogP contribution in [0.1, 0.15) is 20.3 Å². The number of fused-ring (bicyclic) bond motifs is 1. The minimum Gasteiger partial charge on any atom is -0.451 e. The highest BCUT2D eigenvalue weighted by molar-refractivity contribution is 5.41. The van der Waals surface area contributed by atoms with Crippen LogP contribution in [-0.4, -0.2) is 18.0 Å². The first-order chi connectivity index (χ1) is 6.90. The van der Waals surface area contributed by atoms with Crippen LogP contribution in [0.2, 0.25) is 0 Å². The first-order valence-corrected chi connectivity index (χ1v) is 4.93. The van der Waals surface area contributed by atoms with Gasteiger partial charge < -0.3 is 14.6 Å². The monoisotopic (exact) mass is 196 g/mol. The minimum absolute atomic E-state index is 0.0820. The van der Waals surface area contributed by atoms with E-state index in [4.69, 9.17) is 14.6 Å². The maximum Gasteiger partial charge on any atom is 0.243 e. The van der Waals surface area contributed by atoms with E-state index < -0.39 is 0 Å². The van der Waals surface area contributed by atoms with Gasteiger partial charge in [-0.15, -0.1) is 0 Å². The van der Waals surface area contributed by atoms with Crippen molar-refractivity contribution < 1.29 is 14.6 Å². The van der Waals surface area contributed by atoms with Crippen molar-refractivity contribution in [3.05, 3.63) is 24.3 Å². The lowest BCUT2D eigenvalue weighted by atomic mass is 10.3. The third-order valence-electron chi connectivity index (χ3n) is 1.73. The molecule has 0 unspecified atom stereocenters. The van der Waals surface area contributed by atoms with Crippen LogP contribution in [-0.2, 0) is 0 Å². The van der Waals surface area contributed by atoms with Crippen molar-refractivity contribution in [1.82, 2.24) is 0 Å². The third kappa shape index (κ3) is 2.39. The van der Waals surface area contributed by atoms with E-state index in [-0.39, 0.29) is 12.9 Å². The minimum atomic E-state index is -0.313. The Balaban J connectivity index is 0.000000461. The van der Waals surface area contributed by atoms with Gasteiger partial charge in [0.1, 0.15) is 0 Å². The molecule has 0 bridgehead atoms. The topological polar surface area (TPSA) is 38.7 Å². The average molecular weight is 196 g/mol. The summed E-state index contributed by atoms with van der Waals surface area (Å²) in [6.45, 7) is 4.08. The summed E-state index contributed by atoms with van der Waals surface area (Å²) >= 11 is 0. The zero-order chi connectivity index (χ0) is 10.4. The molecule has 1 aliphatic rings. The van der Waals surface area contributed by atoms with Crippen LogP contribution in [0.3, 0.4) is 0 Å². The molecule has 0 amide bonds. The first kappa shape index (κ1) is 10.9. The summed E-state index contributed by atoms with van der Waals surface area (Å²) in [5, 5.41) is 8.65. The SMILES string of the molecule is CC.OCCC1Oc2ccccc2O1. The summed E-state index contributed by atoms with van der Waals surface area (Å²) in [4.78, 5) is 0. The van der Waals surface area contributed by atoms with Crippen molar-refractivity contribution in [1.29, 1.82) is 0 Å². The van der Waals surface area contributed by atoms with Gasteiger partial charge in [0, 0.05) is 6.42 Å². The molecule has 0 radical (unpaired) electrons. The quantitative estimate of drug-likeness (QED) is 0.788. The predicted octanol–water partition coefficient (Wildman–Crippen LogP) is 2.19. The molecule has 2 rings (SSSR count). The average Bonchev–Trinajstić information content (AvgIpc) is 2.63. The number of aliphatic hydroxyl groups is 1. The second-order valence-corrected chi connectivity index (χ2v) is 2.62. The number of aliphatic hydroxyl groups excluding tert-OH is 1. The van der Waals surface area contributed by atoms with Crippen molar-refractivity contribution in [2.24, 2.45) is 0 Å². The molecule has 14 heavy (non-hydrogen) atoms. The fourth-order valence-corrected chi connectivity index (χ4v) is 1.18. The van der Waals surface area contributed by atoms with E-state index in [1.54, 1.807) is 0 Å². The highest BCUT2D eigenvalue weighted by Gasteiger charge is 2.22. The van der Waals surface area contributed by atoms with Crippen LogP contribution in [0, 0.1) is 0 Å². The highest BCUT2D eigenvalue weighted by Crippen LogP contribution is 2.34. The molecular formula is C11H16O3. The Morgan fingerprint density at radius 3 is 2.07 bits per heavy atom. The van der Waals surface area contributed by atoms with Crippen molar-refractivity contribution in [2.45, 2.75) is 26.6 Å². The maximum atomic E-state index is 8.65. The molecule has 0 atom stereocenters. The predicted molar refractivity (Wildman–Crippen MR) is 54.5 cm³/mol. The van der Waals surface area contributed by atoms with E-state index in [1.165, 1.54) is 0 Å². The molecular weight excluding hydrogens is 180 g/mol. The van der Waals surface area contributed by atoms with Gasteiger partial charge in [0.2, 0.25) is 6.29 Å². The van der Waals surface area contributed by atoms with Gasteiger partial charge in [0.05, 0.1) is 6.61 Å². The summed E-state index contributed by atoms with van der Waals surface area (Å²) < 4.78 is 10.7. The van der Waals surface area contributed by atoms with Crippen LogP contribution in [0.25, 0.3) is 0 Å². The fraction of sp³-hybridized carbons (Fsp3) is 0.455. The van der Waals surface area contributed by atoms with E-state index in [9.17, 15) is 0 Å². The van der Waals surface area contributed by atoms with Gasteiger partial charge in [0.15, 0.2) is 11.5 Å². The summed E-state index contributed by atoms with van der Waals surface area (Å²) in [5.74, 6) is 1.52. The lowest BCUT2D eigenvalue weighted by Gasteiger charge is -2.06. The Bertz CT molecular complexity index is 248. The van der Waals surface area contributed by atoms with Crippen molar-refractivity contribution in [2.75, 3.05) is 6.61 Å². The molecule has 3 nitrogen and oxygen atoms in total. The van der Waals surface area contributed by atoms with Crippen LogP contribution in [0.4, 0.5) is 0 Å². The molecule has 78 valence electrons. The van der Waals surface area contributed by atoms with Gasteiger partial charge in [-0.25, -0.2) is 0 Å². The van der Waals surface area contributed by atoms with E-state index >= 15 is 0 Å². The number of hydrogen-bond donors (Lipinski definition) is 1. The van der Waals surface area contributed by atoms with Gasteiger partial charge in [-0.3, -0.25) is 0 Å². The maximum absolute atomic E-state index is 8.65. The smallest absolute Gasteiger partial charge is 0.243 e. The van der Waals surface area contributed by atoms with E-state index in [0.717, 1.165) is 11.5 Å². The van der Waals surface area contributed by atoms with Crippen LogP contribution < -0.4 is 9.47 Å². The second-order valence-electron chi connectivity index (χ2n) is 2.62. The van der Waals surface area contributed by atoms with Gasteiger partial charge in [0.25, 0.3) is 0 Å². The molecule has 1 aromatic carbocycles. The van der Waals surface area contributed by atoms with Crippen LogP contribution >= 0.6 is 0 Å². The molecule has 0 aromatic heterocycles. The first-order valence-electron chi connectivity index (χ1n) is 4.93. The van der Waals surface area contributed by atoms with E-state index in [2.05, 4.69) is 0 Å². The molecule has 1 aliphatic heterocycles. The summed E-state index contributed by atoms with van der Waals surface area (Å²) in [7, 11) is 0. The standard InChI is InChI=1S/C9H10O3.C2H6/c10-6-5-9-11-7-3-1-2-4-8(7)12-9;1-2/h1-4,9-10H,5-6H2;1-2H3. The Morgan fingerprint density at radius 1 is 1.14 bits per heavy atom. The summed E-state index contributed by atoms with van der Waals surface area (Å²) in [6, 6.07) is 7.49. The Morgan fingerprint density at radius 2 is 1.64 bits per heavy atom. The van der Waals surface area contributed by atoms with Gasteiger partial charge in [-0.05, 0) is 12.1 Å². The summed E-state index contributed by atoms with van der Waals surface area (Å²) in [5.41, 5.74) is 0. The molecule has 0 saturated heterocycles. The lowest BCUT2D eigenvalue weighted by Crippen LogP contribution is -2.19. The number of para-hydroxylation sites is 2. The molecule has 0 spiro atoms. The van der Waals surface area contributed by atoms with Crippen molar-refractivity contribution in [3.63, 3.8) is 0 Å². The van der Waals surface area contributed by atoms with Gasteiger partial charge >= 0.3 is 0 Å². The van der Waals surface area contributed by atoms with Gasteiger partial charge in [-0.2, -0.15) is 0 Å². The molecule has 0 fully saturated rings. The highest BCUT2D eigenvalue weighted by atomic mass is 16.7. The molecule has 1 N–H and O–H groups in total. The Labute approximate surface area is 84.3 Å². The molecule has 0 saturated carbocycles. The van der Waals surface area contributed by atoms with Crippen molar-refractivity contribution >= 4 is 0 Å². The van der Waals surface area contributed by atoms with E-state index in [1.807, 2.05) is 38.1 Å². The summed E-state index contributed by atoms with van der Waals surface area (Å²) in [6.07, 6.45) is 0.196. The lowest BCUT2D eigenvalue weighted by molar-refractivity contribution is 0.0271. The van der Waals surface area contributed by atoms with Crippen LogP contribution in [0.5, 0.6) is 11.5 Å². The largest absolute Gasteiger partial charge is 0.451 e. The Kier molecular flexibility index (Phi) is 4.26. The molecule has 0 aliphatic carbocycles. The Hall–Kier alpha value is -1.22. The van der Waals surface area contributed by atoms with E-state index in [0.29, 0.717) is 6.42 Å². The second kappa shape index (κ2) is 5.50. The number of ether oxygens (including phenoxy) is 2. The number of benzene rings is 1.